The number of fused-ring (bicyclic) bond motifs is 1. The smallest absolute Gasteiger partial charge is 0.123 e. The Morgan fingerprint density at radius 3 is 2.47 bits per heavy atom. The van der Waals surface area contributed by atoms with Gasteiger partial charge in [0.15, 0.2) is 0 Å². The van der Waals surface area contributed by atoms with Gasteiger partial charge in [-0.1, -0.05) is 42.5 Å². The van der Waals surface area contributed by atoms with E-state index >= 15 is 0 Å². The Morgan fingerprint density at radius 1 is 0.857 bits per heavy atom. The second-order valence-corrected chi connectivity index (χ2v) is 14.0. The number of ether oxygens (including phenoxy) is 4. The van der Waals surface area contributed by atoms with Gasteiger partial charge in [0, 0.05) is 47.4 Å². The van der Waals surface area contributed by atoms with Crippen LogP contribution in [0, 0.1) is 0 Å². The Hall–Kier alpha value is -3.92. The monoisotopic (exact) mass is 678 g/mol. The molecular weight excluding hydrogens is 633 g/mol. The lowest BCUT2D eigenvalue weighted by atomic mass is 9.97. The second kappa shape index (κ2) is 16.2. The molecule has 2 aliphatic rings. The molecule has 1 aromatic heterocycles. The Morgan fingerprint density at radius 2 is 1.67 bits per heavy atom. The van der Waals surface area contributed by atoms with Crippen LogP contribution in [0.2, 0.25) is 0 Å². The normalized spacial score (nSPS) is 17.1. The van der Waals surface area contributed by atoms with Crippen LogP contribution >= 0.6 is 11.3 Å². The molecule has 0 radical (unpaired) electrons. The third-order valence-electron chi connectivity index (χ3n) is 9.72. The average molecular weight is 679 g/mol. The lowest BCUT2D eigenvalue weighted by Gasteiger charge is -2.27. The van der Waals surface area contributed by atoms with Crippen LogP contribution < -0.4 is 14.2 Å². The van der Waals surface area contributed by atoms with Gasteiger partial charge in [0.1, 0.15) is 30.5 Å². The van der Waals surface area contributed by atoms with E-state index in [1.807, 2.05) is 29.5 Å². The van der Waals surface area contributed by atoms with Gasteiger partial charge in [-0.3, -0.25) is 9.80 Å². The van der Waals surface area contributed by atoms with Crippen LogP contribution in [-0.4, -0.2) is 80.7 Å². The number of likely N-dealkylation sites (tertiary alicyclic amines) is 1. The molecule has 2 aliphatic heterocycles. The van der Waals surface area contributed by atoms with E-state index in [9.17, 15) is 5.11 Å². The molecule has 7 rings (SSSR count). The molecule has 8 heteroatoms. The van der Waals surface area contributed by atoms with Crippen LogP contribution in [0.1, 0.15) is 35.1 Å². The van der Waals surface area contributed by atoms with Crippen molar-refractivity contribution in [2.24, 2.45) is 0 Å². The SMILES string of the molecule is COc1cc(Cc2c(-c3ccc(OCCN4CCCC4CO)cc3)sc3cc(OCc4ccccc4)ccc23)ccc1CN1CCOCC1. The largest absolute Gasteiger partial charge is 0.496 e. The molecule has 1 unspecified atom stereocenters. The van der Waals surface area contributed by atoms with Crippen molar-refractivity contribution >= 4 is 21.4 Å². The van der Waals surface area contributed by atoms with Crippen LogP contribution in [0.3, 0.4) is 0 Å². The summed E-state index contributed by atoms with van der Waals surface area (Å²) in [7, 11) is 1.77. The van der Waals surface area contributed by atoms with Gasteiger partial charge in [-0.2, -0.15) is 0 Å². The molecule has 256 valence electrons. The van der Waals surface area contributed by atoms with Gasteiger partial charge in [0.2, 0.25) is 0 Å². The fourth-order valence-corrected chi connectivity index (χ4v) is 8.24. The highest BCUT2D eigenvalue weighted by Gasteiger charge is 2.23. The van der Waals surface area contributed by atoms with Crippen molar-refractivity contribution in [3.63, 3.8) is 0 Å². The average Bonchev–Trinajstić information content (AvgIpc) is 3.76. The fourth-order valence-electron chi connectivity index (χ4n) is 6.98. The highest BCUT2D eigenvalue weighted by molar-refractivity contribution is 7.22. The molecule has 3 heterocycles. The predicted octanol–water partition coefficient (Wildman–Crippen LogP) is 7.41. The van der Waals surface area contributed by atoms with Crippen molar-refractivity contribution in [1.29, 1.82) is 0 Å². The maximum atomic E-state index is 9.65. The van der Waals surface area contributed by atoms with Gasteiger partial charge in [0.25, 0.3) is 0 Å². The minimum atomic E-state index is 0.220. The molecule has 0 bridgehead atoms. The molecule has 5 aromatic rings. The lowest BCUT2D eigenvalue weighted by molar-refractivity contribution is 0.0339. The van der Waals surface area contributed by atoms with Gasteiger partial charge < -0.3 is 24.1 Å². The first kappa shape index (κ1) is 33.6. The van der Waals surface area contributed by atoms with Crippen molar-refractivity contribution in [1.82, 2.24) is 9.80 Å². The molecule has 2 saturated heterocycles. The Kier molecular flexibility index (Phi) is 11.1. The van der Waals surface area contributed by atoms with Crippen molar-refractivity contribution in [3.05, 3.63) is 113 Å². The maximum absolute atomic E-state index is 9.65. The van der Waals surface area contributed by atoms with Crippen LogP contribution in [0.4, 0.5) is 0 Å². The molecule has 0 aliphatic carbocycles. The quantitative estimate of drug-likeness (QED) is 0.131. The summed E-state index contributed by atoms with van der Waals surface area (Å²) in [6.07, 6.45) is 2.99. The minimum absolute atomic E-state index is 0.220. The molecule has 0 spiro atoms. The van der Waals surface area contributed by atoms with E-state index in [0.717, 1.165) is 88.0 Å². The zero-order chi connectivity index (χ0) is 33.4. The molecule has 2 fully saturated rings. The zero-order valence-electron chi connectivity index (χ0n) is 28.3. The number of aliphatic hydroxyl groups is 1. The van der Waals surface area contributed by atoms with E-state index in [1.165, 1.54) is 37.2 Å². The number of benzene rings is 4. The number of hydrogen-bond acceptors (Lipinski definition) is 8. The summed E-state index contributed by atoms with van der Waals surface area (Å²) in [6.45, 7) is 7.54. The second-order valence-electron chi connectivity index (χ2n) is 12.9. The summed E-state index contributed by atoms with van der Waals surface area (Å²) in [5.74, 6) is 2.67. The van der Waals surface area contributed by atoms with Crippen LogP contribution in [0.25, 0.3) is 20.5 Å². The molecule has 1 N–H and O–H groups in total. The molecule has 7 nitrogen and oxygen atoms in total. The van der Waals surface area contributed by atoms with E-state index in [1.54, 1.807) is 7.11 Å². The lowest BCUT2D eigenvalue weighted by Crippen LogP contribution is -2.35. The maximum Gasteiger partial charge on any atom is 0.123 e. The van der Waals surface area contributed by atoms with Gasteiger partial charge in [-0.25, -0.2) is 0 Å². The van der Waals surface area contributed by atoms with E-state index in [0.29, 0.717) is 13.2 Å². The first-order chi connectivity index (χ1) is 24.2. The highest BCUT2D eigenvalue weighted by atomic mass is 32.1. The van der Waals surface area contributed by atoms with E-state index in [-0.39, 0.29) is 12.6 Å². The molecule has 4 aromatic carbocycles. The van der Waals surface area contributed by atoms with Crippen LogP contribution in [0.5, 0.6) is 17.2 Å². The molecule has 0 saturated carbocycles. The standard InChI is InChI=1S/C41H46N2O5S/c1-45-39-25-31(9-10-33(39)27-42-18-21-46-22-19-42)24-38-37-16-15-36(48-29-30-6-3-2-4-7-30)26-40(37)49-41(38)32-11-13-35(14-12-32)47-23-20-43-17-5-8-34(43)28-44/h2-4,6-7,9-16,25-26,34,44H,5,8,17-24,27-29H2,1H3. The number of hydrogen-bond donors (Lipinski definition) is 1. The number of rotatable bonds is 14. The molecule has 0 amide bonds. The molecular formula is C41H46N2O5S. The number of methoxy groups -OCH3 is 1. The van der Waals surface area contributed by atoms with Crippen molar-refractivity contribution in [3.8, 4) is 27.7 Å². The number of aliphatic hydroxyl groups excluding tert-OH is 1. The Balaban J connectivity index is 1.13. The third-order valence-corrected chi connectivity index (χ3v) is 11.0. The van der Waals surface area contributed by atoms with Crippen LogP contribution in [0.15, 0.2) is 91.0 Å². The first-order valence-electron chi connectivity index (χ1n) is 17.4. The summed E-state index contributed by atoms with van der Waals surface area (Å²) in [4.78, 5) is 6.01. The molecule has 49 heavy (non-hydrogen) atoms. The minimum Gasteiger partial charge on any atom is -0.496 e. The number of thiophene rings is 1. The summed E-state index contributed by atoms with van der Waals surface area (Å²) in [5, 5.41) is 10.9. The molecule has 1 atom stereocenters. The van der Waals surface area contributed by atoms with Gasteiger partial charge in [-0.15, -0.1) is 11.3 Å². The Bertz CT molecular complexity index is 1800. The topological polar surface area (TPSA) is 63.6 Å². The summed E-state index contributed by atoms with van der Waals surface area (Å²) < 4.78 is 25.0. The van der Waals surface area contributed by atoms with Crippen molar-refractivity contribution in [2.45, 2.75) is 38.5 Å². The third kappa shape index (κ3) is 8.28. The zero-order valence-corrected chi connectivity index (χ0v) is 29.1. The number of nitrogens with zero attached hydrogens (tertiary/aromatic N) is 2. The van der Waals surface area contributed by atoms with Crippen molar-refractivity contribution < 1.29 is 24.1 Å². The fraction of sp³-hybridized carbons (Fsp3) is 0.366. The number of morpholine rings is 1. The van der Waals surface area contributed by atoms with Crippen LogP contribution in [-0.2, 0) is 24.3 Å². The first-order valence-corrected chi connectivity index (χ1v) is 18.2. The summed E-state index contributed by atoms with van der Waals surface area (Å²) in [6, 6.07) is 32.2. The van der Waals surface area contributed by atoms with E-state index < -0.39 is 0 Å². The van der Waals surface area contributed by atoms with Gasteiger partial charge >= 0.3 is 0 Å². The highest BCUT2D eigenvalue weighted by Crippen LogP contribution is 2.42. The summed E-state index contributed by atoms with van der Waals surface area (Å²) >= 11 is 1.81. The Labute approximate surface area is 293 Å². The van der Waals surface area contributed by atoms with Gasteiger partial charge in [0.05, 0.1) is 26.9 Å². The van der Waals surface area contributed by atoms with E-state index in [2.05, 4.69) is 82.6 Å². The predicted molar refractivity (Wildman–Crippen MR) is 197 cm³/mol. The van der Waals surface area contributed by atoms with Crippen molar-refractivity contribution in [2.75, 3.05) is 59.7 Å². The summed E-state index contributed by atoms with van der Waals surface area (Å²) in [5.41, 5.74) is 6.05. The van der Waals surface area contributed by atoms with E-state index in [4.69, 9.17) is 18.9 Å². The van der Waals surface area contributed by atoms with Gasteiger partial charge in [-0.05, 0) is 102 Å².